The Labute approximate surface area is 184 Å². The molecule has 0 aliphatic heterocycles. The molecular weight excluding hydrogens is 378 g/mol. The van der Waals surface area contributed by atoms with Crippen LogP contribution in [0.25, 0.3) is 11.4 Å². The van der Waals surface area contributed by atoms with Gasteiger partial charge in [0.05, 0.1) is 43.1 Å². The molecule has 2 aromatic heterocycles. The van der Waals surface area contributed by atoms with Crippen molar-refractivity contribution in [1.29, 1.82) is 0 Å². The van der Waals surface area contributed by atoms with E-state index in [-0.39, 0.29) is 81.6 Å². The van der Waals surface area contributed by atoms with Crippen molar-refractivity contribution in [2.75, 3.05) is 0 Å². The Hall–Kier alpha value is 0.120. The summed E-state index contributed by atoms with van der Waals surface area (Å²) in [5.74, 6) is -1.37. The number of hydrogen-bond acceptors (Lipinski definition) is 8. The van der Waals surface area contributed by atoms with Gasteiger partial charge in [-0.15, -0.1) is 0 Å². The monoisotopic (exact) mass is 388 g/mol. The fourth-order valence-corrected chi connectivity index (χ4v) is 2.99. The SMILES string of the molecule is O=S(=O)([O-])Cc1ccnc(-c2cc(CS(=O)(=O)[O-])ccn2)c1.[Na+].[Na+]. The van der Waals surface area contributed by atoms with Crippen LogP contribution in [0.3, 0.4) is 0 Å². The molecule has 2 aromatic rings. The first-order valence-electron chi connectivity index (χ1n) is 5.90. The molecular formula is C12H10N2Na2O6S2. The second-order valence-electron chi connectivity index (χ2n) is 4.50. The summed E-state index contributed by atoms with van der Waals surface area (Å²) in [6.45, 7) is 0. The molecule has 0 fully saturated rings. The molecule has 0 bridgehead atoms. The van der Waals surface area contributed by atoms with Gasteiger partial charge in [0.25, 0.3) is 0 Å². The van der Waals surface area contributed by atoms with Gasteiger partial charge in [0, 0.05) is 12.4 Å². The molecule has 0 aliphatic rings. The van der Waals surface area contributed by atoms with Gasteiger partial charge in [-0.25, -0.2) is 16.8 Å². The molecule has 0 saturated carbocycles. The second-order valence-corrected chi connectivity index (χ2v) is 7.31. The Morgan fingerprint density at radius 2 is 1.08 bits per heavy atom. The Morgan fingerprint density at radius 3 is 1.38 bits per heavy atom. The third kappa shape index (κ3) is 8.48. The van der Waals surface area contributed by atoms with E-state index in [0.717, 1.165) is 0 Å². The maximum absolute atomic E-state index is 10.8. The number of aromatic nitrogens is 2. The van der Waals surface area contributed by atoms with Crippen molar-refractivity contribution < 1.29 is 85.1 Å². The summed E-state index contributed by atoms with van der Waals surface area (Å²) in [5, 5.41) is 0. The number of rotatable bonds is 5. The van der Waals surface area contributed by atoms with E-state index >= 15 is 0 Å². The molecule has 0 radical (unpaired) electrons. The largest absolute Gasteiger partial charge is 1.00 e. The van der Waals surface area contributed by atoms with Crippen molar-refractivity contribution in [3.05, 3.63) is 47.8 Å². The summed E-state index contributed by atoms with van der Waals surface area (Å²) in [6, 6.07) is 5.50. The fraction of sp³-hybridized carbons (Fsp3) is 0.167. The molecule has 118 valence electrons. The van der Waals surface area contributed by atoms with Crippen LogP contribution in [-0.2, 0) is 31.7 Å². The summed E-state index contributed by atoms with van der Waals surface area (Å²) in [4.78, 5) is 7.98. The van der Waals surface area contributed by atoms with Crippen molar-refractivity contribution in [2.45, 2.75) is 11.5 Å². The van der Waals surface area contributed by atoms with E-state index in [1.54, 1.807) is 0 Å². The van der Waals surface area contributed by atoms with Crippen molar-refractivity contribution in [2.24, 2.45) is 0 Å². The van der Waals surface area contributed by atoms with Gasteiger partial charge in [-0.1, -0.05) is 0 Å². The zero-order valence-corrected chi connectivity index (χ0v) is 18.7. The van der Waals surface area contributed by atoms with E-state index in [1.807, 2.05) is 0 Å². The zero-order chi connectivity index (χ0) is 16.4. The van der Waals surface area contributed by atoms with Gasteiger partial charge in [0.2, 0.25) is 0 Å². The van der Waals surface area contributed by atoms with Crippen LogP contribution in [0.4, 0.5) is 0 Å². The third-order valence-corrected chi connectivity index (χ3v) is 3.97. The van der Waals surface area contributed by atoms with Crippen LogP contribution in [0, 0.1) is 0 Å². The van der Waals surface area contributed by atoms with E-state index < -0.39 is 31.7 Å². The minimum absolute atomic E-state index is 0. The van der Waals surface area contributed by atoms with Crippen LogP contribution < -0.4 is 59.1 Å². The smallest absolute Gasteiger partial charge is 0.748 e. The molecule has 0 atom stereocenters. The van der Waals surface area contributed by atoms with Crippen LogP contribution in [0.2, 0.25) is 0 Å². The molecule has 0 aliphatic carbocycles. The van der Waals surface area contributed by atoms with E-state index in [0.29, 0.717) is 0 Å². The van der Waals surface area contributed by atoms with Gasteiger partial charge in [-0.3, -0.25) is 9.97 Å². The van der Waals surface area contributed by atoms with Crippen LogP contribution in [0.1, 0.15) is 11.1 Å². The number of nitrogens with zero attached hydrogens (tertiary/aromatic N) is 2. The minimum Gasteiger partial charge on any atom is -0.748 e. The molecule has 0 spiro atoms. The van der Waals surface area contributed by atoms with E-state index in [9.17, 15) is 25.9 Å². The second kappa shape index (κ2) is 9.72. The van der Waals surface area contributed by atoms with Gasteiger partial charge in [-0.2, -0.15) is 0 Å². The molecule has 0 amide bonds. The van der Waals surface area contributed by atoms with Crippen molar-refractivity contribution in [1.82, 2.24) is 9.97 Å². The maximum atomic E-state index is 10.8. The Bertz CT molecular complexity index is 828. The quantitative estimate of drug-likeness (QED) is 0.365. The van der Waals surface area contributed by atoms with E-state index in [4.69, 9.17) is 0 Å². The summed E-state index contributed by atoms with van der Waals surface area (Å²) in [5.41, 5.74) is 1.02. The molecule has 2 heterocycles. The van der Waals surface area contributed by atoms with Crippen LogP contribution in [0.15, 0.2) is 36.7 Å². The van der Waals surface area contributed by atoms with Gasteiger partial charge < -0.3 is 9.11 Å². The molecule has 0 unspecified atom stereocenters. The normalized spacial score (nSPS) is 11.2. The summed E-state index contributed by atoms with van der Waals surface area (Å²) >= 11 is 0. The van der Waals surface area contributed by atoms with Gasteiger partial charge in [0.1, 0.15) is 0 Å². The predicted octanol–water partition coefficient (Wildman–Crippen LogP) is -5.76. The van der Waals surface area contributed by atoms with Gasteiger partial charge in [-0.05, 0) is 35.4 Å². The molecule has 0 aromatic carbocycles. The fourth-order valence-electron chi connectivity index (χ4n) is 1.82. The minimum atomic E-state index is -4.43. The van der Waals surface area contributed by atoms with Crippen LogP contribution >= 0.6 is 0 Å². The van der Waals surface area contributed by atoms with Gasteiger partial charge in [0.15, 0.2) is 0 Å². The Kier molecular flexibility index (Phi) is 9.77. The maximum Gasteiger partial charge on any atom is 1.00 e. The van der Waals surface area contributed by atoms with Crippen LogP contribution in [-0.4, -0.2) is 35.9 Å². The molecule has 12 heteroatoms. The molecule has 2 rings (SSSR count). The summed E-state index contributed by atoms with van der Waals surface area (Å²) in [6.07, 6.45) is 2.63. The van der Waals surface area contributed by atoms with Crippen molar-refractivity contribution in [3.8, 4) is 11.4 Å². The molecule has 0 N–H and O–H groups in total. The zero-order valence-electron chi connectivity index (χ0n) is 13.0. The summed E-state index contributed by atoms with van der Waals surface area (Å²) in [7, 11) is -8.85. The van der Waals surface area contributed by atoms with E-state index in [2.05, 4.69) is 9.97 Å². The molecule has 8 nitrogen and oxygen atoms in total. The third-order valence-electron chi connectivity index (χ3n) is 2.60. The number of pyridine rings is 2. The first-order chi connectivity index (χ1) is 10.1. The average Bonchev–Trinajstić information content (AvgIpc) is 2.35. The topological polar surface area (TPSA) is 140 Å². The molecule has 24 heavy (non-hydrogen) atoms. The standard InChI is InChI=1S/C12H12N2O6S2.2Na/c15-21(16,17)7-9-1-3-13-11(5-9)12-6-10(2-4-14-12)8-22(18,19)20;;/h1-6H,7-8H2,(H,15,16,17)(H,18,19,20);;/q;2*+1/p-2. The first kappa shape index (κ1) is 24.1. The number of hydrogen-bond donors (Lipinski definition) is 0. The molecule has 0 saturated heterocycles. The van der Waals surface area contributed by atoms with Crippen molar-refractivity contribution >= 4 is 20.2 Å². The first-order valence-corrected chi connectivity index (χ1v) is 9.05. The van der Waals surface area contributed by atoms with Gasteiger partial charge >= 0.3 is 59.1 Å². The average molecular weight is 388 g/mol. The summed E-state index contributed by atoms with van der Waals surface area (Å²) < 4.78 is 64.6. The Balaban J connectivity index is 0.00000264. The van der Waals surface area contributed by atoms with E-state index in [1.165, 1.54) is 36.7 Å². The predicted molar refractivity (Wildman–Crippen MR) is 74.3 cm³/mol. The van der Waals surface area contributed by atoms with Crippen LogP contribution in [0.5, 0.6) is 0 Å². The van der Waals surface area contributed by atoms with Crippen molar-refractivity contribution in [3.63, 3.8) is 0 Å². The Morgan fingerprint density at radius 1 is 0.750 bits per heavy atom.